The maximum absolute atomic E-state index is 14.0. The molecular formula is C15H20F2N2O. The normalized spacial score (nSPS) is 17.8. The number of aryl methyl sites for hydroxylation is 1. The number of hydrogen-bond donors (Lipinski definition) is 2. The van der Waals surface area contributed by atoms with E-state index in [2.05, 4.69) is 10.6 Å². The van der Waals surface area contributed by atoms with E-state index in [4.69, 9.17) is 0 Å². The molecule has 1 aliphatic heterocycles. The molecule has 20 heavy (non-hydrogen) atoms. The molecule has 1 aliphatic rings. The number of hydrogen-bond acceptors (Lipinski definition) is 2. The first-order valence-corrected chi connectivity index (χ1v) is 6.97. The van der Waals surface area contributed by atoms with Crippen LogP contribution in [0.25, 0.3) is 0 Å². The summed E-state index contributed by atoms with van der Waals surface area (Å²) >= 11 is 0. The lowest BCUT2D eigenvalue weighted by molar-refractivity contribution is -0.127. The number of rotatable bonds is 3. The zero-order valence-electron chi connectivity index (χ0n) is 11.9. The Labute approximate surface area is 117 Å². The minimum atomic E-state index is -0.735. The zero-order chi connectivity index (χ0) is 14.8. The van der Waals surface area contributed by atoms with Crippen molar-refractivity contribution in [3.05, 3.63) is 29.3 Å². The number of carbonyl (C=O) groups is 1. The predicted molar refractivity (Wildman–Crippen MR) is 74.6 cm³/mol. The smallest absolute Gasteiger partial charge is 0.230 e. The maximum atomic E-state index is 14.0. The lowest BCUT2D eigenvalue weighted by Gasteiger charge is -2.35. The molecule has 1 fully saturated rings. The highest BCUT2D eigenvalue weighted by molar-refractivity contribution is 5.95. The van der Waals surface area contributed by atoms with Gasteiger partial charge in [0.05, 0.1) is 5.41 Å². The van der Waals surface area contributed by atoms with Crippen molar-refractivity contribution in [2.75, 3.05) is 18.4 Å². The van der Waals surface area contributed by atoms with Gasteiger partial charge in [0.1, 0.15) is 11.5 Å². The fraction of sp³-hybridized carbons (Fsp3) is 0.533. The van der Waals surface area contributed by atoms with Crippen LogP contribution in [0.4, 0.5) is 14.5 Å². The van der Waals surface area contributed by atoms with Crippen LogP contribution in [-0.4, -0.2) is 19.0 Å². The molecule has 2 N–H and O–H groups in total. The van der Waals surface area contributed by atoms with Gasteiger partial charge < -0.3 is 10.6 Å². The third-order valence-electron chi connectivity index (χ3n) is 4.24. The van der Waals surface area contributed by atoms with Gasteiger partial charge in [-0.05, 0) is 50.9 Å². The minimum Gasteiger partial charge on any atom is -0.321 e. The summed E-state index contributed by atoms with van der Waals surface area (Å²) < 4.78 is 27.7. The van der Waals surface area contributed by atoms with Gasteiger partial charge in [0.2, 0.25) is 5.91 Å². The van der Waals surface area contributed by atoms with Gasteiger partial charge in [-0.25, -0.2) is 8.78 Å². The molecule has 0 spiro atoms. The zero-order valence-corrected chi connectivity index (χ0v) is 11.9. The van der Waals surface area contributed by atoms with Crippen molar-refractivity contribution >= 4 is 11.6 Å². The molecule has 0 saturated carbocycles. The summed E-state index contributed by atoms with van der Waals surface area (Å²) in [6.45, 7) is 4.98. The summed E-state index contributed by atoms with van der Waals surface area (Å²) in [5.74, 6) is -1.72. The van der Waals surface area contributed by atoms with E-state index in [9.17, 15) is 13.6 Å². The van der Waals surface area contributed by atoms with E-state index < -0.39 is 17.0 Å². The predicted octanol–water partition coefficient (Wildman–Crippen LogP) is 2.99. The van der Waals surface area contributed by atoms with Gasteiger partial charge in [0, 0.05) is 0 Å². The van der Waals surface area contributed by atoms with Gasteiger partial charge in [-0.2, -0.15) is 0 Å². The molecule has 0 aliphatic carbocycles. The monoisotopic (exact) mass is 282 g/mol. The van der Waals surface area contributed by atoms with Crippen molar-refractivity contribution in [3.63, 3.8) is 0 Å². The van der Waals surface area contributed by atoms with Crippen molar-refractivity contribution < 1.29 is 13.6 Å². The van der Waals surface area contributed by atoms with E-state index in [0.29, 0.717) is 24.8 Å². The van der Waals surface area contributed by atoms with Crippen LogP contribution in [0.3, 0.4) is 0 Å². The van der Waals surface area contributed by atoms with Gasteiger partial charge >= 0.3 is 0 Å². The van der Waals surface area contributed by atoms with E-state index in [0.717, 1.165) is 13.1 Å². The van der Waals surface area contributed by atoms with Crippen molar-refractivity contribution in [1.82, 2.24) is 5.32 Å². The second-order valence-corrected chi connectivity index (χ2v) is 5.39. The van der Waals surface area contributed by atoms with Crippen LogP contribution in [0.1, 0.15) is 31.7 Å². The van der Waals surface area contributed by atoms with E-state index in [1.54, 1.807) is 6.92 Å². The van der Waals surface area contributed by atoms with Crippen molar-refractivity contribution in [2.24, 2.45) is 5.41 Å². The third kappa shape index (κ3) is 2.68. The Hall–Kier alpha value is -1.49. The molecule has 0 radical (unpaired) electrons. The van der Waals surface area contributed by atoms with E-state index in [1.165, 1.54) is 12.1 Å². The highest BCUT2D eigenvalue weighted by Crippen LogP contribution is 2.34. The van der Waals surface area contributed by atoms with E-state index >= 15 is 0 Å². The number of piperidine rings is 1. The summed E-state index contributed by atoms with van der Waals surface area (Å²) in [4.78, 5) is 12.5. The van der Waals surface area contributed by atoms with Gasteiger partial charge in [-0.3, -0.25) is 4.79 Å². The first-order chi connectivity index (χ1) is 9.50. The van der Waals surface area contributed by atoms with Gasteiger partial charge in [-0.1, -0.05) is 13.0 Å². The molecule has 0 bridgehead atoms. The maximum Gasteiger partial charge on any atom is 0.230 e. The Morgan fingerprint density at radius 3 is 2.60 bits per heavy atom. The van der Waals surface area contributed by atoms with Crippen LogP contribution in [0, 0.1) is 24.0 Å². The molecule has 1 aromatic carbocycles. The second kappa shape index (κ2) is 5.87. The van der Waals surface area contributed by atoms with E-state index in [-0.39, 0.29) is 11.6 Å². The number of amides is 1. The Morgan fingerprint density at radius 2 is 2.00 bits per heavy atom. The number of anilines is 1. The molecular weight excluding hydrogens is 262 g/mol. The number of carbonyl (C=O) groups excluding carboxylic acids is 1. The van der Waals surface area contributed by atoms with Crippen molar-refractivity contribution in [3.8, 4) is 0 Å². The van der Waals surface area contributed by atoms with Crippen LogP contribution in [0.5, 0.6) is 0 Å². The Morgan fingerprint density at radius 1 is 1.35 bits per heavy atom. The van der Waals surface area contributed by atoms with Gasteiger partial charge in [-0.15, -0.1) is 0 Å². The number of nitrogens with one attached hydrogen (secondary N) is 2. The van der Waals surface area contributed by atoms with Crippen LogP contribution in [-0.2, 0) is 4.79 Å². The first-order valence-electron chi connectivity index (χ1n) is 6.97. The molecule has 0 atom stereocenters. The summed E-state index contributed by atoms with van der Waals surface area (Å²) in [6.07, 6.45) is 2.03. The highest BCUT2D eigenvalue weighted by Gasteiger charge is 2.38. The molecule has 0 aromatic heterocycles. The van der Waals surface area contributed by atoms with Crippen molar-refractivity contribution in [1.29, 1.82) is 0 Å². The van der Waals surface area contributed by atoms with Gasteiger partial charge in [0.15, 0.2) is 5.82 Å². The Kier molecular flexibility index (Phi) is 4.38. The molecule has 0 unspecified atom stereocenters. The molecule has 1 aromatic rings. The number of halogens is 2. The van der Waals surface area contributed by atoms with Crippen LogP contribution in [0.15, 0.2) is 12.1 Å². The first kappa shape index (κ1) is 14.9. The standard InChI is InChI=1S/C15H20F2N2O/c1-3-15(6-8-18-9-7-15)14(20)19-13-11(16)5-4-10(2)12(13)17/h4-5,18H,3,6-9H2,1-2H3,(H,19,20). The SMILES string of the molecule is CCC1(C(=O)Nc2c(F)ccc(C)c2F)CCNCC1. The molecule has 1 heterocycles. The highest BCUT2D eigenvalue weighted by atomic mass is 19.1. The molecule has 1 saturated heterocycles. The summed E-state index contributed by atoms with van der Waals surface area (Å²) in [7, 11) is 0. The lowest BCUT2D eigenvalue weighted by Crippen LogP contribution is -2.44. The largest absolute Gasteiger partial charge is 0.321 e. The molecule has 1 amide bonds. The van der Waals surface area contributed by atoms with Crippen LogP contribution < -0.4 is 10.6 Å². The quantitative estimate of drug-likeness (QED) is 0.895. The lowest BCUT2D eigenvalue weighted by atomic mass is 9.76. The second-order valence-electron chi connectivity index (χ2n) is 5.39. The number of benzene rings is 1. The molecule has 2 rings (SSSR count). The fourth-order valence-corrected chi connectivity index (χ4v) is 2.66. The average Bonchev–Trinajstić information content (AvgIpc) is 2.48. The van der Waals surface area contributed by atoms with Crippen LogP contribution in [0.2, 0.25) is 0 Å². The fourth-order valence-electron chi connectivity index (χ4n) is 2.66. The average molecular weight is 282 g/mol. The summed E-state index contributed by atoms with van der Waals surface area (Å²) in [5, 5.41) is 5.66. The Bertz CT molecular complexity index is 511. The molecule has 5 heteroatoms. The minimum absolute atomic E-state index is 0.287. The van der Waals surface area contributed by atoms with E-state index in [1.807, 2.05) is 6.92 Å². The topological polar surface area (TPSA) is 41.1 Å². The molecule has 110 valence electrons. The van der Waals surface area contributed by atoms with Crippen molar-refractivity contribution in [2.45, 2.75) is 33.1 Å². The summed E-state index contributed by atoms with van der Waals surface area (Å²) in [5.41, 5.74) is -0.549. The third-order valence-corrected chi connectivity index (χ3v) is 4.24. The molecule has 3 nitrogen and oxygen atoms in total. The Balaban J connectivity index is 2.25. The van der Waals surface area contributed by atoms with Crippen LogP contribution >= 0.6 is 0 Å². The van der Waals surface area contributed by atoms with Gasteiger partial charge in [0.25, 0.3) is 0 Å². The summed E-state index contributed by atoms with van der Waals surface area (Å²) in [6, 6.07) is 2.54.